The Bertz CT molecular complexity index is 636. The number of hydrogen-bond acceptors (Lipinski definition) is 4. The van der Waals surface area contributed by atoms with Crippen molar-refractivity contribution in [2.24, 2.45) is 0 Å². The number of nitrogens with zero attached hydrogens (tertiary/aromatic N) is 3. The van der Waals surface area contributed by atoms with Crippen LogP contribution in [0.1, 0.15) is 17.4 Å². The van der Waals surface area contributed by atoms with Gasteiger partial charge in [-0.05, 0) is 19.1 Å². The first kappa shape index (κ1) is 15.0. The Morgan fingerprint density at radius 1 is 1.27 bits per heavy atom. The molecule has 2 aromatic rings. The number of carbonyl (C=O) groups excluding carboxylic acids is 1. The molecule has 1 aliphatic rings. The maximum absolute atomic E-state index is 12.6. The van der Waals surface area contributed by atoms with Crippen LogP contribution in [-0.2, 0) is 0 Å². The topological polar surface area (TPSA) is 47.4 Å². The summed E-state index contributed by atoms with van der Waals surface area (Å²) in [5.41, 5.74) is 1.33. The van der Waals surface area contributed by atoms with Gasteiger partial charge in [0.15, 0.2) is 5.69 Å². The molecule has 0 aliphatic carbocycles. The van der Waals surface area contributed by atoms with Gasteiger partial charge in [0.25, 0.3) is 5.91 Å². The number of aromatic nitrogens is 2. The van der Waals surface area contributed by atoms with Gasteiger partial charge in [0.05, 0.1) is 12.3 Å². The number of benzene rings is 1. The second-order valence-corrected chi connectivity index (χ2v) is 6.18. The number of rotatable bonds is 4. The van der Waals surface area contributed by atoms with Crippen LogP contribution in [0.3, 0.4) is 0 Å². The molecule has 22 heavy (non-hydrogen) atoms. The second-order valence-electron chi connectivity index (χ2n) is 4.95. The predicted octanol–water partition coefficient (Wildman–Crippen LogP) is 2.46. The summed E-state index contributed by atoms with van der Waals surface area (Å²) in [7, 11) is 0. The van der Waals surface area contributed by atoms with E-state index in [1.54, 1.807) is 10.7 Å². The Morgan fingerprint density at radius 2 is 2.00 bits per heavy atom. The summed E-state index contributed by atoms with van der Waals surface area (Å²) < 4.78 is 7.33. The minimum absolute atomic E-state index is 0.0177. The fourth-order valence-electron chi connectivity index (χ4n) is 2.40. The van der Waals surface area contributed by atoms with Crippen LogP contribution in [0.5, 0.6) is 5.88 Å². The molecule has 6 heteroatoms. The third-order valence-corrected chi connectivity index (χ3v) is 4.43. The molecule has 1 aromatic carbocycles. The molecule has 1 amide bonds. The van der Waals surface area contributed by atoms with E-state index in [4.69, 9.17) is 4.74 Å². The molecule has 0 atom stereocenters. The van der Waals surface area contributed by atoms with Crippen molar-refractivity contribution in [3.63, 3.8) is 0 Å². The Labute approximate surface area is 134 Å². The van der Waals surface area contributed by atoms with Gasteiger partial charge in [-0.2, -0.15) is 16.9 Å². The zero-order valence-electron chi connectivity index (χ0n) is 12.6. The van der Waals surface area contributed by atoms with Gasteiger partial charge in [-0.25, -0.2) is 4.68 Å². The lowest BCUT2D eigenvalue weighted by Gasteiger charge is -2.25. The monoisotopic (exact) mass is 317 g/mol. The molecule has 1 aliphatic heterocycles. The summed E-state index contributed by atoms with van der Waals surface area (Å²) in [6.07, 6.45) is 0. The fraction of sp³-hybridized carbons (Fsp3) is 0.375. The van der Waals surface area contributed by atoms with Crippen LogP contribution in [-0.4, -0.2) is 51.8 Å². The van der Waals surface area contributed by atoms with Gasteiger partial charge in [-0.1, -0.05) is 18.2 Å². The highest BCUT2D eigenvalue weighted by atomic mass is 32.2. The van der Waals surface area contributed by atoms with E-state index in [0.29, 0.717) is 18.2 Å². The third kappa shape index (κ3) is 3.11. The number of thioether (sulfide) groups is 1. The van der Waals surface area contributed by atoms with Gasteiger partial charge in [0, 0.05) is 30.7 Å². The van der Waals surface area contributed by atoms with Gasteiger partial charge in [-0.15, -0.1) is 0 Å². The molecule has 0 bridgehead atoms. The lowest BCUT2D eigenvalue weighted by molar-refractivity contribution is 0.0766. The fourth-order valence-corrected chi connectivity index (χ4v) is 3.30. The minimum atomic E-state index is -0.0177. The molecule has 0 N–H and O–H groups in total. The maximum Gasteiger partial charge on any atom is 0.274 e. The van der Waals surface area contributed by atoms with Crippen molar-refractivity contribution in [3.8, 4) is 11.6 Å². The highest BCUT2D eigenvalue weighted by Crippen LogP contribution is 2.21. The zero-order chi connectivity index (χ0) is 15.4. The van der Waals surface area contributed by atoms with Crippen LogP contribution < -0.4 is 4.74 Å². The molecule has 1 aromatic heterocycles. The van der Waals surface area contributed by atoms with Crippen LogP contribution in [0, 0.1) is 0 Å². The van der Waals surface area contributed by atoms with E-state index in [0.717, 1.165) is 30.3 Å². The lowest BCUT2D eigenvalue weighted by Crippen LogP contribution is -2.38. The van der Waals surface area contributed by atoms with Gasteiger partial charge in [-0.3, -0.25) is 4.79 Å². The third-order valence-electron chi connectivity index (χ3n) is 3.49. The lowest BCUT2D eigenvalue weighted by atomic mass is 10.3. The first-order chi connectivity index (χ1) is 10.8. The second kappa shape index (κ2) is 6.87. The quantitative estimate of drug-likeness (QED) is 0.869. The minimum Gasteiger partial charge on any atom is -0.478 e. The average molecular weight is 317 g/mol. The Morgan fingerprint density at radius 3 is 2.68 bits per heavy atom. The summed E-state index contributed by atoms with van der Waals surface area (Å²) >= 11 is 1.88. The molecule has 0 radical (unpaired) electrons. The maximum atomic E-state index is 12.6. The highest BCUT2D eigenvalue weighted by molar-refractivity contribution is 7.99. The van der Waals surface area contributed by atoms with Crippen molar-refractivity contribution in [2.75, 3.05) is 31.2 Å². The standard InChI is InChI=1S/C16H19N3O2S/c1-2-21-15-12-14(16(20)18-8-10-22-11-9-18)17-19(15)13-6-4-3-5-7-13/h3-7,12H,2,8-11H2,1H3. The van der Waals surface area contributed by atoms with E-state index in [1.807, 2.05) is 53.9 Å². The Kier molecular flexibility index (Phi) is 4.68. The van der Waals surface area contributed by atoms with Crippen molar-refractivity contribution in [1.29, 1.82) is 0 Å². The normalized spacial score (nSPS) is 14.9. The zero-order valence-corrected chi connectivity index (χ0v) is 13.4. The van der Waals surface area contributed by atoms with Crippen LogP contribution in [0.4, 0.5) is 0 Å². The summed E-state index contributed by atoms with van der Waals surface area (Å²) in [5, 5.41) is 4.47. The van der Waals surface area contributed by atoms with Crippen molar-refractivity contribution >= 4 is 17.7 Å². The molecule has 5 nitrogen and oxygen atoms in total. The average Bonchev–Trinajstić information content (AvgIpc) is 3.00. The first-order valence-electron chi connectivity index (χ1n) is 7.45. The molecule has 2 heterocycles. The summed E-state index contributed by atoms with van der Waals surface area (Å²) in [5.74, 6) is 2.56. The first-order valence-corrected chi connectivity index (χ1v) is 8.60. The predicted molar refractivity (Wildman–Crippen MR) is 88.0 cm³/mol. The van der Waals surface area contributed by atoms with Crippen LogP contribution in [0.25, 0.3) is 5.69 Å². The van der Waals surface area contributed by atoms with E-state index in [9.17, 15) is 4.79 Å². The van der Waals surface area contributed by atoms with E-state index < -0.39 is 0 Å². The van der Waals surface area contributed by atoms with Gasteiger partial charge >= 0.3 is 0 Å². The Hall–Kier alpha value is -1.95. The van der Waals surface area contributed by atoms with E-state index in [1.165, 1.54) is 0 Å². The highest BCUT2D eigenvalue weighted by Gasteiger charge is 2.23. The van der Waals surface area contributed by atoms with Crippen LogP contribution >= 0.6 is 11.8 Å². The van der Waals surface area contributed by atoms with Crippen molar-refractivity contribution < 1.29 is 9.53 Å². The van der Waals surface area contributed by atoms with Crippen molar-refractivity contribution in [1.82, 2.24) is 14.7 Å². The van der Waals surface area contributed by atoms with Crippen LogP contribution in [0.2, 0.25) is 0 Å². The molecular formula is C16H19N3O2S. The molecule has 116 valence electrons. The summed E-state index contributed by atoms with van der Waals surface area (Å²) in [4.78, 5) is 14.5. The van der Waals surface area contributed by atoms with Gasteiger partial charge in [0.1, 0.15) is 0 Å². The molecule has 0 unspecified atom stereocenters. The van der Waals surface area contributed by atoms with Gasteiger partial charge in [0.2, 0.25) is 5.88 Å². The number of hydrogen-bond donors (Lipinski definition) is 0. The van der Waals surface area contributed by atoms with E-state index in [2.05, 4.69) is 5.10 Å². The SMILES string of the molecule is CCOc1cc(C(=O)N2CCSCC2)nn1-c1ccccc1. The molecular weight excluding hydrogens is 298 g/mol. The van der Waals surface area contributed by atoms with E-state index >= 15 is 0 Å². The molecule has 0 spiro atoms. The largest absolute Gasteiger partial charge is 0.478 e. The smallest absolute Gasteiger partial charge is 0.274 e. The molecule has 1 fully saturated rings. The Balaban J connectivity index is 1.91. The molecule has 3 rings (SSSR count). The number of para-hydroxylation sites is 1. The van der Waals surface area contributed by atoms with Crippen LogP contribution in [0.15, 0.2) is 36.4 Å². The van der Waals surface area contributed by atoms with Gasteiger partial charge < -0.3 is 9.64 Å². The summed E-state index contributed by atoms with van der Waals surface area (Å²) in [6, 6.07) is 11.5. The van der Waals surface area contributed by atoms with Crippen molar-refractivity contribution in [2.45, 2.75) is 6.92 Å². The number of ether oxygens (including phenoxy) is 1. The number of amides is 1. The molecule has 0 saturated carbocycles. The molecule has 1 saturated heterocycles. The number of carbonyl (C=O) groups is 1. The summed E-state index contributed by atoms with van der Waals surface area (Å²) in [6.45, 7) is 4.02. The van der Waals surface area contributed by atoms with E-state index in [-0.39, 0.29) is 5.91 Å². The van der Waals surface area contributed by atoms with Crippen molar-refractivity contribution in [3.05, 3.63) is 42.1 Å².